The smallest absolute Gasteiger partial charge is 0.338 e. The van der Waals surface area contributed by atoms with E-state index in [-0.39, 0.29) is 17.9 Å². The van der Waals surface area contributed by atoms with Crippen LogP contribution in [0.25, 0.3) is 11.0 Å². The quantitative estimate of drug-likeness (QED) is 0.464. The summed E-state index contributed by atoms with van der Waals surface area (Å²) in [7, 11) is 1.71. The number of hydrogen-bond acceptors (Lipinski definition) is 9. The maximum Gasteiger partial charge on any atom is 0.338 e. The zero-order valence-corrected chi connectivity index (χ0v) is 16.1. The second-order valence-electron chi connectivity index (χ2n) is 6.20. The van der Waals surface area contributed by atoms with Crippen molar-refractivity contribution < 1.29 is 13.9 Å². The van der Waals surface area contributed by atoms with E-state index >= 15 is 0 Å². The van der Waals surface area contributed by atoms with Crippen molar-refractivity contribution in [2.45, 2.75) is 6.92 Å². The van der Waals surface area contributed by atoms with Gasteiger partial charge in [-0.15, -0.1) is 0 Å². The third kappa shape index (κ3) is 3.85. The molecule has 0 unspecified atom stereocenters. The molecule has 0 amide bonds. The summed E-state index contributed by atoms with van der Waals surface area (Å²) < 4.78 is 20.8. The lowest BCUT2D eigenvalue weighted by atomic mass is 10.2. The summed E-state index contributed by atoms with van der Waals surface area (Å²) in [6.07, 6.45) is 6.17. The van der Waals surface area contributed by atoms with Crippen LogP contribution in [0.5, 0.6) is 0 Å². The molecule has 0 atom stereocenters. The molecule has 0 radical (unpaired) electrons. The van der Waals surface area contributed by atoms with E-state index in [0.717, 1.165) is 0 Å². The molecule has 0 saturated carbocycles. The number of hydrogen-bond donors (Lipinski definition) is 2. The van der Waals surface area contributed by atoms with Crippen molar-refractivity contribution in [3.63, 3.8) is 0 Å². The van der Waals surface area contributed by atoms with E-state index in [0.29, 0.717) is 28.5 Å². The van der Waals surface area contributed by atoms with Crippen molar-refractivity contribution in [1.29, 1.82) is 0 Å². The van der Waals surface area contributed by atoms with Crippen molar-refractivity contribution in [3.05, 3.63) is 54.5 Å². The Morgan fingerprint density at radius 3 is 2.77 bits per heavy atom. The number of halogens is 1. The highest BCUT2D eigenvalue weighted by atomic mass is 19.1. The normalized spacial score (nSPS) is 10.8. The minimum absolute atomic E-state index is 0.0872. The van der Waals surface area contributed by atoms with Gasteiger partial charge in [0.2, 0.25) is 5.95 Å². The van der Waals surface area contributed by atoms with E-state index in [1.807, 2.05) is 0 Å². The molecule has 3 aromatic heterocycles. The van der Waals surface area contributed by atoms with Gasteiger partial charge in [-0.3, -0.25) is 0 Å². The van der Waals surface area contributed by atoms with Crippen LogP contribution in [-0.2, 0) is 11.8 Å². The Hall–Kier alpha value is -4.15. The Balaban J connectivity index is 1.64. The molecule has 4 aromatic rings. The molecule has 2 N–H and O–H groups in total. The number of carbonyl (C=O) groups is 1. The molecule has 1 aromatic carbocycles. The van der Waals surface area contributed by atoms with E-state index in [4.69, 9.17) is 4.74 Å². The average molecular weight is 408 g/mol. The van der Waals surface area contributed by atoms with Gasteiger partial charge in [-0.25, -0.2) is 28.8 Å². The van der Waals surface area contributed by atoms with E-state index in [9.17, 15) is 9.18 Å². The number of carbonyl (C=O) groups excluding carboxylic acids is 1. The second kappa shape index (κ2) is 8.07. The summed E-state index contributed by atoms with van der Waals surface area (Å²) in [5.74, 6) is -0.384. The van der Waals surface area contributed by atoms with Crippen LogP contribution in [0.2, 0.25) is 0 Å². The predicted octanol–water partition coefficient (Wildman–Crippen LogP) is 2.96. The lowest BCUT2D eigenvalue weighted by Gasteiger charge is -2.08. The number of fused-ring (bicyclic) bond motifs is 1. The first-order valence-electron chi connectivity index (χ1n) is 9.00. The average Bonchev–Trinajstić information content (AvgIpc) is 3.05. The molecule has 0 aliphatic heterocycles. The number of ether oxygens (including phenoxy) is 1. The number of rotatable bonds is 6. The first kappa shape index (κ1) is 19.2. The van der Waals surface area contributed by atoms with Gasteiger partial charge < -0.3 is 15.4 Å². The molecule has 4 rings (SSSR count). The van der Waals surface area contributed by atoms with Crippen molar-refractivity contribution in [2.75, 3.05) is 17.2 Å². The number of benzene rings is 1. The zero-order chi connectivity index (χ0) is 21.1. The number of nitrogens with zero attached hydrogens (tertiary/aromatic N) is 6. The van der Waals surface area contributed by atoms with Gasteiger partial charge in [-0.05, 0) is 25.1 Å². The highest BCUT2D eigenvalue weighted by molar-refractivity contribution is 5.92. The maximum atomic E-state index is 14.3. The molecule has 10 nitrogen and oxygen atoms in total. The summed E-state index contributed by atoms with van der Waals surface area (Å²) in [5.41, 5.74) is 1.47. The van der Waals surface area contributed by atoms with Gasteiger partial charge in [-0.2, -0.15) is 10.1 Å². The first-order chi connectivity index (χ1) is 14.5. The summed E-state index contributed by atoms with van der Waals surface area (Å²) >= 11 is 0. The number of esters is 1. The fraction of sp³-hybridized carbons (Fsp3) is 0.158. The third-order valence-electron chi connectivity index (χ3n) is 4.13. The number of anilines is 4. The highest BCUT2D eigenvalue weighted by Crippen LogP contribution is 2.27. The zero-order valence-electron chi connectivity index (χ0n) is 16.1. The van der Waals surface area contributed by atoms with Gasteiger partial charge in [0.1, 0.15) is 12.1 Å². The van der Waals surface area contributed by atoms with Crippen LogP contribution in [0.1, 0.15) is 17.3 Å². The summed E-state index contributed by atoms with van der Waals surface area (Å²) in [6.45, 7) is 1.93. The van der Waals surface area contributed by atoms with Crippen LogP contribution in [-0.4, -0.2) is 42.3 Å². The van der Waals surface area contributed by atoms with Gasteiger partial charge >= 0.3 is 5.97 Å². The summed E-state index contributed by atoms with van der Waals surface area (Å²) in [5, 5.41) is 10.8. The predicted molar refractivity (Wildman–Crippen MR) is 107 cm³/mol. The minimum Gasteiger partial charge on any atom is -0.462 e. The Labute approximate surface area is 170 Å². The highest BCUT2D eigenvalue weighted by Gasteiger charge is 2.16. The lowest BCUT2D eigenvalue weighted by Crippen LogP contribution is -2.06. The van der Waals surface area contributed by atoms with Crippen LogP contribution >= 0.6 is 0 Å². The topological polar surface area (TPSA) is 120 Å². The maximum absolute atomic E-state index is 14.3. The van der Waals surface area contributed by atoms with Crippen LogP contribution in [0.4, 0.5) is 27.5 Å². The molecule has 3 heterocycles. The van der Waals surface area contributed by atoms with Gasteiger partial charge in [0.15, 0.2) is 11.5 Å². The fourth-order valence-electron chi connectivity index (χ4n) is 2.77. The SMILES string of the molecule is CCOC(=O)c1ccc(F)c(Nc2nn(C)c3nc(Nc4cncnc4)ncc23)c1. The Bertz CT molecular complexity index is 1210. The Morgan fingerprint density at radius 1 is 1.20 bits per heavy atom. The fourth-order valence-corrected chi connectivity index (χ4v) is 2.77. The molecule has 0 aliphatic rings. The van der Waals surface area contributed by atoms with Crippen LogP contribution in [0, 0.1) is 5.82 Å². The van der Waals surface area contributed by atoms with Gasteiger partial charge in [0.25, 0.3) is 0 Å². The molecular formula is C19H17FN8O2. The van der Waals surface area contributed by atoms with E-state index < -0.39 is 11.8 Å². The molecule has 152 valence electrons. The van der Waals surface area contributed by atoms with Crippen molar-refractivity contribution in [1.82, 2.24) is 29.7 Å². The van der Waals surface area contributed by atoms with Gasteiger partial charge in [0.05, 0.1) is 41.3 Å². The van der Waals surface area contributed by atoms with Gasteiger partial charge in [-0.1, -0.05) is 0 Å². The van der Waals surface area contributed by atoms with Crippen molar-refractivity contribution in [2.24, 2.45) is 7.05 Å². The number of aromatic nitrogens is 6. The summed E-state index contributed by atoms with van der Waals surface area (Å²) in [4.78, 5) is 28.5. The minimum atomic E-state index is -0.537. The lowest BCUT2D eigenvalue weighted by molar-refractivity contribution is 0.0526. The standard InChI is InChI=1S/C19H17FN8O2/c1-3-30-18(29)11-4-5-14(20)15(6-11)25-16-13-9-23-19(26-17(13)28(2)27-16)24-12-7-21-10-22-8-12/h4-10H,3H2,1-2H3,(H,25,27)(H,23,24,26). The molecule has 0 aliphatic carbocycles. The van der Waals surface area contributed by atoms with Crippen LogP contribution in [0.3, 0.4) is 0 Å². The summed E-state index contributed by atoms with van der Waals surface area (Å²) in [6, 6.07) is 3.93. The van der Waals surface area contributed by atoms with Gasteiger partial charge in [0, 0.05) is 13.2 Å². The number of nitrogens with one attached hydrogen (secondary N) is 2. The molecule has 0 saturated heterocycles. The Morgan fingerprint density at radius 2 is 2.00 bits per heavy atom. The molecule has 30 heavy (non-hydrogen) atoms. The first-order valence-corrected chi connectivity index (χ1v) is 9.00. The van der Waals surface area contributed by atoms with E-state index in [1.165, 1.54) is 24.5 Å². The monoisotopic (exact) mass is 408 g/mol. The molecule has 0 bridgehead atoms. The molecule has 11 heteroatoms. The van der Waals surface area contributed by atoms with E-state index in [2.05, 4.69) is 35.7 Å². The van der Waals surface area contributed by atoms with Crippen LogP contribution in [0.15, 0.2) is 43.1 Å². The van der Waals surface area contributed by atoms with Crippen molar-refractivity contribution in [3.8, 4) is 0 Å². The third-order valence-corrected chi connectivity index (χ3v) is 4.13. The molecule has 0 spiro atoms. The second-order valence-corrected chi connectivity index (χ2v) is 6.20. The molecular weight excluding hydrogens is 391 g/mol. The van der Waals surface area contributed by atoms with Crippen molar-refractivity contribution >= 4 is 40.1 Å². The number of aryl methyl sites for hydroxylation is 1. The van der Waals surface area contributed by atoms with Crippen LogP contribution < -0.4 is 10.6 Å². The molecule has 0 fully saturated rings. The largest absolute Gasteiger partial charge is 0.462 e. The van der Waals surface area contributed by atoms with E-state index in [1.54, 1.807) is 37.2 Å². The Kier molecular flexibility index (Phi) is 5.16.